The Kier molecular flexibility index (Phi) is 4.50. The van der Waals surface area contributed by atoms with Crippen LogP contribution in [-0.2, 0) is 0 Å². The van der Waals surface area contributed by atoms with Gasteiger partial charge in [0.1, 0.15) is 23.4 Å². The maximum Gasteiger partial charge on any atom is 0.160 e. The number of aromatic nitrogens is 3. The molecule has 2 aliphatic rings. The average Bonchev–Trinajstić information content (AvgIpc) is 2.65. The van der Waals surface area contributed by atoms with Crippen LogP contribution in [0.25, 0.3) is 11.0 Å². The van der Waals surface area contributed by atoms with Crippen LogP contribution < -0.4 is 20.3 Å². The number of nitrogens with zero attached hydrogens (tertiary/aromatic N) is 4. The SMILES string of the molecule is CC(C)(C)COc1ccc(Nc2ncnc3ccc(N4CC5(CCN5)C4)nc23)cc1. The van der Waals surface area contributed by atoms with Crippen molar-refractivity contribution >= 4 is 28.4 Å². The van der Waals surface area contributed by atoms with Crippen molar-refractivity contribution in [3.63, 3.8) is 0 Å². The minimum absolute atomic E-state index is 0.130. The molecule has 0 unspecified atom stereocenters. The fourth-order valence-corrected chi connectivity index (χ4v) is 3.86. The highest BCUT2D eigenvalue weighted by Gasteiger charge is 2.47. The summed E-state index contributed by atoms with van der Waals surface area (Å²) in [5, 5.41) is 6.93. The number of rotatable bonds is 5. The van der Waals surface area contributed by atoms with Crippen molar-refractivity contribution in [1.82, 2.24) is 20.3 Å². The molecule has 2 aromatic heterocycles. The van der Waals surface area contributed by atoms with E-state index < -0.39 is 0 Å². The van der Waals surface area contributed by atoms with Crippen LogP contribution in [0.1, 0.15) is 27.2 Å². The summed E-state index contributed by atoms with van der Waals surface area (Å²) in [4.78, 5) is 16.0. The van der Waals surface area contributed by atoms with Gasteiger partial charge in [0.2, 0.25) is 0 Å². The number of hydrogen-bond acceptors (Lipinski definition) is 7. The summed E-state index contributed by atoms with van der Waals surface area (Å²) >= 11 is 0. The van der Waals surface area contributed by atoms with E-state index >= 15 is 0 Å². The Morgan fingerprint density at radius 3 is 2.53 bits per heavy atom. The molecule has 7 nitrogen and oxygen atoms in total. The molecule has 2 saturated heterocycles. The number of hydrogen-bond donors (Lipinski definition) is 2. The first kappa shape index (κ1) is 19.1. The molecule has 156 valence electrons. The zero-order valence-electron chi connectivity index (χ0n) is 17.8. The van der Waals surface area contributed by atoms with E-state index in [-0.39, 0.29) is 5.41 Å². The molecule has 0 amide bonds. The van der Waals surface area contributed by atoms with Gasteiger partial charge in [-0.3, -0.25) is 0 Å². The lowest BCUT2D eigenvalue weighted by atomic mass is 9.80. The Balaban J connectivity index is 1.33. The number of fused-ring (bicyclic) bond motifs is 1. The number of benzene rings is 1. The molecule has 0 saturated carbocycles. The van der Waals surface area contributed by atoms with E-state index in [1.165, 1.54) is 6.42 Å². The molecular weight excluding hydrogens is 376 g/mol. The van der Waals surface area contributed by atoms with E-state index in [1.54, 1.807) is 6.33 Å². The summed E-state index contributed by atoms with van der Waals surface area (Å²) < 4.78 is 5.86. The number of anilines is 3. The van der Waals surface area contributed by atoms with Gasteiger partial charge in [-0.2, -0.15) is 0 Å². The van der Waals surface area contributed by atoms with Gasteiger partial charge in [0.25, 0.3) is 0 Å². The Hall–Kier alpha value is -2.93. The molecule has 3 aromatic rings. The fraction of sp³-hybridized carbons (Fsp3) is 0.435. The van der Waals surface area contributed by atoms with Crippen LogP contribution in [0.5, 0.6) is 5.75 Å². The van der Waals surface area contributed by atoms with Crippen molar-refractivity contribution in [3.8, 4) is 5.75 Å². The first-order chi connectivity index (χ1) is 14.4. The third-order valence-corrected chi connectivity index (χ3v) is 5.67. The molecule has 1 aromatic carbocycles. The van der Waals surface area contributed by atoms with Crippen LogP contribution in [0, 0.1) is 5.41 Å². The van der Waals surface area contributed by atoms with Crippen molar-refractivity contribution < 1.29 is 4.74 Å². The van der Waals surface area contributed by atoms with Gasteiger partial charge in [-0.15, -0.1) is 0 Å². The van der Waals surface area contributed by atoms with Gasteiger partial charge in [0, 0.05) is 18.8 Å². The van der Waals surface area contributed by atoms with Crippen molar-refractivity contribution in [2.24, 2.45) is 5.41 Å². The van der Waals surface area contributed by atoms with Crippen LogP contribution in [0.3, 0.4) is 0 Å². The Morgan fingerprint density at radius 1 is 1.10 bits per heavy atom. The molecule has 0 aliphatic carbocycles. The zero-order chi connectivity index (χ0) is 20.8. The van der Waals surface area contributed by atoms with Gasteiger partial charge in [0.05, 0.1) is 17.7 Å². The van der Waals surface area contributed by atoms with Gasteiger partial charge in [-0.1, -0.05) is 20.8 Å². The van der Waals surface area contributed by atoms with E-state index in [0.29, 0.717) is 18.0 Å². The topological polar surface area (TPSA) is 75.2 Å². The molecule has 4 heterocycles. The van der Waals surface area contributed by atoms with E-state index in [9.17, 15) is 0 Å². The molecule has 2 fully saturated rings. The maximum absolute atomic E-state index is 5.86. The van der Waals surface area contributed by atoms with E-state index in [2.05, 4.69) is 46.3 Å². The van der Waals surface area contributed by atoms with E-state index in [1.807, 2.05) is 36.4 Å². The highest BCUT2D eigenvalue weighted by Crippen LogP contribution is 2.34. The van der Waals surface area contributed by atoms with Gasteiger partial charge < -0.3 is 20.3 Å². The maximum atomic E-state index is 5.86. The van der Waals surface area contributed by atoms with Gasteiger partial charge in [-0.05, 0) is 54.8 Å². The monoisotopic (exact) mass is 404 g/mol. The summed E-state index contributed by atoms with van der Waals surface area (Å²) in [6, 6.07) is 12.0. The molecule has 0 bridgehead atoms. The second-order valence-corrected chi connectivity index (χ2v) is 9.57. The molecule has 5 rings (SSSR count). The molecule has 0 radical (unpaired) electrons. The zero-order valence-corrected chi connectivity index (χ0v) is 17.8. The highest BCUT2D eigenvalue weighted by atomic mass is 16.5. The quantitative estimate of drug-likeness (QED) is 0.671. The smallest absolute Gasteiger partial charge is 0.160 e. The van der Waals surface area contributed by atoms with E-state index in [4.69, 9.17) is 9.72 Å². The summed E-state index contributed by atoms with van der Waals surface area (Å²) in [6.07, 6.45) is 2.83. The summed E-state index contributed by atoms with van der Waals surface area (Å²) in [7, 11) is 0. The van der Waals surface area contributed by atoms with E-state index in [0.717, 1.165) is 47.9 Å². The lowest BCUT2D eigenvalue weighted by Crippen LogP contribution is -2.76. The molecule has 2 N–H and O–H groups in total. The Morgan fingerprint density at radius 2 is 1.87 bits per heavy atom. The molecule has 2 aliphatic heterocycles. The van der Waals surface area contributed by atoms with Crippen LogP contribution in [0.2, 0.25) is 0 Å². The standard InChI is InChI=1S/C23H28N6O/c1-22(2,3)14-30-17-6-4-16(5-7-17)27-21-20-18(24-15-25-21)8-9-19(28-20)29-12-23(13-29)10-11-26-23/h4-9,15,26H,10-14H2,1-3H3,(H,24,25,27). The first-order valence-electron chi connectivity index (χ1n) is 10.5. The minimum atomic E-state index is 0.130. The summed E-state index contributed by atoms with van der Waals surface area (Å²) in [5.41, 5.74) is 3.00. The number of ether oxygens (including phenoxy) is 1. The average molecular weight is 405 g/mol. The largest absolute Gasteiger partial charge is 0.493 e. The Bertz CT molecular complexity index is 1050. The second-order valence-electron chi connectivity index (χ2n) is 9.57. The van der Waals surface area contributed by atoms with Crippen molar-refractivity contribution in [2.45, 2.75) is 32.7 Å². The first-order valence-corrected chi connectivity index (χ1v) is 10.5. The number of nitrogens with one attached hydrogen (secondary N) is 2. The lowest BCUT2D eigenvalue weighted by Gasteiger charge is -2.56. The van der Waals surface area contributed by atoms with Crippen LogP contribution in [0.15, 0.2) is 42.7 Å². The third-order valence-electron chi connectivity index (χ3n) is 5.67. The Labute approximate surface area is 176 Å². The highest BCUT2D eigenvalue weighted by molar-refractivity contribution is 5.88. The van der Waals surface area contributed by atoms with Crippen LogP contribution in [-0.4, -0.2) is 46.7 Å². The van der Waals surface area contributed by atoms with Crippen LogP contribution in [0.4, 0.5) is 17.3 Å². The van der Waals surface area contributed by atoms with Crippen molar-refractivity contribution in [3.05, 3.63) is 42.7 Å². The molecule has 1 spiro atoms. The van der Waals surface area contributed by atoms with Crippen molar-refractivity contribution in [2.75, 3.05) is 36.5 Å². The second kappa shape index (κ2) is 7.09. The van der Waals surface area contributed by atoms with Gasteiger partial charge >= 0.3 is 0 Å². The molecule has 7 heteroatoms. The lowest BCUT2D eigenvalue weighted by molar-refractivity contribution is 0.159. The number of pyridine rings is 1. The van der Waals surface area contributed by atoms with Crippen LogP contribution >= 0.6 is 0 Å². The predicted octanol–water partition coefficient (Wildman–Crippen LogP) is 3.75. The summed E-state index contributed by atoms with van der Waals surface area (Å²) in [5.74, 6) is 2.55. The normalized spacial score (nSPS) is 17.5. The third kappa shape index (κ3) is 3.77. The predicted molar refractivity (Wildman–Crippen MR) is 120 cm³/mol. The fourth-order valence-electron chi connectivity index (χ4n) is 3.86. The molecule has 30 heavy (non-hydrogen) atoms. The minimum Gasteiger partial charge on any atom is -0.493 e. The molecular formula is C23H28N6O. The van der Waals surface area contributed by atoms with Gasteiger partial charge in [0.15, 0.2) is 5.82 Å². The van der Waals surface area contributed by atoms with Crippen molar-refractivity contribution in [1.29, 1.82) is 0 Å². The molecule has 0 atom stereocenters. The van der Waals surface area contributed by atoms with Gasteiger partial charge in [-0.25, -0.2) is 15.0 Å². The summed E-state index contributed by atoms with van der Waals surface area (Å²) in [6.45, 7) is 10.3.